The highest BCUT2D eigenvalue weighted by atomic mass is 19.4. The number of ether oxygens (including phenoxy) is 1. The molecule has 0 aliphatic rings. The van der Waals surface area contributed by atoms with E-state index in [0.717, 1.165) is 6.33 Å². The van der Waals surface area contributed by atoms with Crippen molar-refractivity contribution in [2.24, 2.45) is 0 Å². The van der Waals surface area contributed by atoms with Crippen molar-refractivity contribution in [3.05, 3.63) is 11.9 Å². The van der Waals surface area contributed by atoms with Crippen molar-refractivity contribution in [2.45, 2.75) is 25.4 Å². The summed E-state index contributed by atoms with van der Waals surface area (Å²) in [6.45, 7) is -0.232. The lowest BCUT2D eigenvalue weighted by molar-refractivity contribution is -0.290. The van der Waals surface area contributed by atoms with Gasteiger partial charge in [-0.1, -0.05) is 6.92 Å². The van der Waals surface area contributed by atoms with Crippen LogP contribution in [0.15, 0.2) is 6.33 Å². The Labute approximate surface area is 99.0 Å². The quantitative estimate of drug-likeness (QED) is 0.853. The summed E-state index contributed by atoms with van der Waals surface area (Å²) >= 11 is 0. The Balaban J connectivity index is 2.85. The lowest BCUT2D eigenvalue weighted by atomic mass is 10.2. The predicted molar refractivity (Wildman–Crippen MR) is 52.3 cm³/mol. The van der Waals surface area contributed by atoms with Gasteiger partial charge in [-0.3, -0.25) is 0 Å². The van der Waals surface area contributed by atoms with Gasteiger partial charge in [0.2, 0.25) is 5.88 Å². The monoisotopic (exact) mass is 271 g/mol. The summed E-state index contributed by atoms with van der Waals surface area (Å²) in [5.41, 5.74) is 5.61. The zero-order chi connectivity index (χ0) is 14.0. The minimum absolute atomic E-state index is 0.0159. The summed E-state index contributed by atoms with van der Waals surface area (Å²) < 4.78 is 65.4. The van der Waals surface area contributed by atoms with Crippen LogP contribution in [-0.2, 0) is 6.42 Å². The normalized spacial score (nSPS) is 12.6. The average Bonchev–Trinajstić information content (AvgIpc) is 2.25. The fourth-order valence-corrected chi connectivity index (χ4v) is 1.11. The molecule has 0 aliphatic carbocycles. The van der Waals surface area contributed by atoms with Crippen molar-refractivity contribution in [3.63, 3.8) is 0 Å². The van der Waals surface area contributed by atoms with E-state index in [1.54, 1.807) is 6.92 Å². The molecule has 0 atom stereocenters. The fraction of sp³-hybridized carbons (Fsp3) is 0.556. The zero-order valence-corrected chi connectivity index (χ0v) is 9.26. The number of halogens is 5. The van der Waals surface area contributed by atoms with Crippen molar-refractivity contribution in [1.82, 2.24) is 9.97 Å². The maximum absolute atomic E-state index is 12.6. The van der Waals surface area contributed by atoms with Gasteiger partial charge in [0.1, 0.15) is 12.1 Å². The number of aromatic nitrogens is 2. The first-order chi connectivity index (χ1) is 8.19. The van der Waals surface area contributed by atoms with Crippen LogP contribution in [0, 0.1) is 0 Å². The highest BCUT2D eigenvalue weighted by Crippen LogP contribution is 2.36. The molecule has 0 unspecified atom stereocenters. The van der Waals surface area contributed by atoms with Gasteiger partial charge < -0.3 is 10.5 Å². The molecule has 0 saturated carbocycles. The van der Waals surface area contributed by atoms with Crippen molar-refractivity contribution < 1.29 is 26.7 Å². The summed E-state index contributed by atoms with van der Waals surface area (Å²) in [5.74, 6) is -5.33. The van der Waals surface area contributed by atoms with E-state index in [0.29, 0.717) is 0 Å². The second-order valence-electron chi connectivity index (χ2n) is 3.39. The first-order valence-corrected chi connectivity index (χ1v) is 4.85. The van der Waals surface area contributed by atoms with Gasteiger partial charge in [0.05, 0.1) is 5.56 Å². The average molecular weight is 271 g/mol. The van der Waals surface area contributed by atoms with E-state index in [2.05, 4.69) is 14.7 Å². The first-order valence-electron chi connectivity index (χ1n) is 4.85. The summed E-state index contributed by atoms with van der Waals surface area (Å²) in [7, 11) is 0. The molecule has 0 amide bonds. The smallest absolute Gasteiger partial charge is 0.456 e. The van der Waals surface area contributed by atoms with Crippen molar-refractivity contribution in [3.8, 4) is 5.88 Å². The van der Waals surface area contributed by atoms with Crippen LogP contribution in [0.2, 0.25) is 0 Å². The van der Waals surface area contributed by atoms with E-state index in [-0.39, 0.29) is 23.7 Å². The second-order valence-corrected chi connectivity index (χ2v) is 3.39. The molecule has 0 fully saturated rings. The lowest BCUT2D eigenvalue weighted by Crippen LogP contribution is -2.42. The SMILES string of the molecule is CCc1c(N)ncnc1OCC(F)(F)C(F)(F)F. The van der Waals surface area contributed by atoms with Crippen molar-refractivity contribution in [2.75, 3.05) is 12.3 Å². The fourth-order valence-electron chi connectivity index (χ4n) is 1.11. The molecule has 4 nitrogen and oxygen atoms in total. The molecule has 0 saturated heterocycles. The maximum atomic E-state index is 12.6. The van der Waals surface area contributed by atoms with Gasteiger partial charge in [0.15, 0.2) is 6.61 Å². The van der Waals surface area contributed by atoms with Gasteiger partial charge in [-0.25, -0.2) is 9.97 Å². The molecule has 0 radical (unpaired) electrons. The Morgan fingerprint density at radius 1 is 1.22 bits per heavy atom. The molecule has 0 aromatic carbocycles. The molecule has 1 aromatic heterocycles. The Bertz CT molecular complexity index is 421. The Kier molecular flexibility index (Phi) is 3.92. The molecule has 1 rings (SSSR count). The van der Waals surface area contributed by atoms with Crippen molar-refractivity contribution in [1.29, 1.82) is 0 Å². The summed E-state index contributed by atoms with van der Waals surface area (Å²) in [6, 6.07) is 0. The van der Waals surface area contributed by atoms with Crippen LogP contribution in [0.5, 0.6) is 5.88 Å². The number of hydrogen-bond donors (Lipinski definition) is 1. The molecule has 18 heavy (non-hydrogen) atoms. The van der Waals surface area contributed by atoms with Gasteiger partial charge in [-0.05, 0) is 6.42 Å². The number of anilines is 1. The van der Waals surface area contributed by atoms with E-state index < -0.39 is 18.7 Å². The molecule has 2 N–H and O–H groups in total. The van der Waals surface area contributed by atoms with Crippen LogP contribution in [0.3, 0.4) is 0 Å². The van der Waals surface area contributed by atoms with Crippen LogP contribution in [0.1, 0.15) is 12.5 Å². The highest BCUT2D eigenvalue weighted by molar-refractivity contribution is 5.44. The minimum Gasteiger partial charge on any atom is -0.471 e. The first kappa shape index (κ1) is 14.4. The number of rotatable bonds is 4. The van der Waals surface area contributed by atoms with Gasteiger partial charge in [-0.15, -0.1) is 0 Å². The third kappa shape index (κ3) is 2.96. The van der Waals surface area contributed by atoms with Gasteiger partial charge >= 0.3 is 12.1 Å². The van der Waals surface area contributed by atoms with E-state index in [1.165, 1.54) is 0 Å². The number of hydrogen-bond acceptors (Lipinski definition) is 4. The highest BCUT2D eigenvalue weighted by Gasteiger charge is 2.58. The zero-order valence-electron chi connectivity index (χ0n) is 9.26. The minimum atomic E-state index is -5.67. The van der Waals surface area contributed by atoms with Crippen LogP contribution in [0.4, 0.5) is 27.8 Å². The lowest BCUT2D eigenvalue weighted by Gasteiger charge is -2.20. The summed E-state index contributed by atoms with van der Waals surface area (Å²) in [5, 5.41) is 0. The second kappa shape index (κ2) is 4.91. The van der Waals surface area contributed by atoms with Gasteiger partial charge in [0, 0.05) is 0 Å². The van der Waals surface area contributed by atoms with Gasteiger partial charge in [-0.2, -0.15) is 22.0 Å². The molecule has 9 heteroatoms. The van der Waals surface area contributed by atoms with E-state index >= 15 is 0 Å². The molecule has 0 aliphatic heterocycles. The number of nitrogens with two attached hydrogens (primary N) is 1. The molecule has 0 bridgehead atoms. The van der Waals surface area contributed by atoms with Crippen LogP contribution >= 0.6 is 0 Å². The number of alkyl halides is 5. The summed E-state index contributed by atoms with van der Waals surface area (Å²) in [6.07, 6.45) is -4.49. The molecular formula is C9H10F5N3O. The maximum Gasteiger partial charge on any atom is 0.456 e. The van der Waals surface area contributed by atoms with E-state index in [9.17, 15) is 22.0 Å². The summed E-state index contributed by atoms with van der Waals surface area (Å²) in [4.78, 5) is 7.06. The molecule has 102 valence electrons. The van der Waals surface area contributed by atoms with Crippen LogP contribution < -0.4 is 10.5 Å². The largest absolute Gasteiger partial charge is 0.471 e. The third-order valence-electron chi connectivity index (χ3n) is 2.10. The number of nitrogens with zero attached hydrogens (tertiary/aromatic N) is 2. The Morgan fingerprint density at radius 2 is 1.83 bits per heavy atom. The van der Waals surface area contributed by atoms with Gasteiger partial charge in [0.25, 0.3) is 0 Å². The molecular weight excluding hydrogens is 261 g/mol. The number of nitrogen functional groups attached to an aromatic ring is 1. The van der Waals surface area contributed by atoms with E-state index in [1.807, 2.05) is 0 Å². The van der Waals surface area contributed by atoms with Crippen molar-refractivity contribution >= 4 is 5.82 Å². The molecule has 1 heterocycles. The third-order valence-corrected chi connectivity index (χ3v) is 2.10. The molecule has 0 spiro atoms. The predicted octanol–water partition coefficient (Wildman–Crippen LogP) is 2.20. The molecule has 1 aromatic rings. The van der Waals surface area contributed by atoms with Crippen LogP contribution in [0.25, 0.3) is 0 Å². The van der Waals surface area contributed by atoms with Crippen LogP contribution in [-0.4, -0.2) is 28.7 Å². The topological polar surface area (TPSA) is 61.0 Å². The standard InChI is InChI=1S/C9H10F5N3O/c1-2-5-6(15)16-4-17-7(5)18-3-8(10,11)9(12,13)14/h4H,2-3H2,1H3,(H2,15,16,17). The van der Waals surface area contributed by atoms with E-state index in [4.69, 9.17) is 5.73 Å². The Hall–Kier alpha value is -1.67. The Morgan fingerprint density at radius 3 is 2.33 bits per heavy atom.